The summed E-state index contributed by atoms with van der Waals surface area (Å²) in [4.78, 5) is 12.3. The van der Waals surface area contributed by atoms with E-state index in [1.165, 1.54) is 5.56 Å². The Morgan fingerprint density at radius 2 is 1.96 bits per heavy atom. The standard InChI is InChI=1S/C18H17N3O4S/c1-26(23,24)25-21-18(19)20-17(22)14-7-4-6-13(11-14)16-10-9-12-5-2-3-8-15(12)16/h2-8,10-11H,9H2,1H3,(H3,19,20,21,22). The minimum Gasteiger partial charge on any atom is -0.367 e. The summed E-state index contributed by atoms with van der Waals surface area (Å²) in [5.74, 6) is -0.965. The van der Waals surface area contributed by atoms with Crippen molar-refractivity contribution >= 4 is 27.6 Å². The SMILES string of the molecule is CS(=O)(=O)ON=C(N)NC(=O)c1cccc(C2=CCc3ccccc32)c1. The van der Waals surface area contributed by atoms with Gasteiger partial charge in [0.1, 0.15) is 0 Å². The second kappa shape index (κ2) is 7.01. The quantitative estimate of drug-likeness (QED) is 0.482. The van der Waals surface area contributed by atoms with Gasteiger partial charge < -0.3 is 5.73 Å². The van der Waals surface area contributed by atoms with Crippen molar-refractivity contribution in [3.05, 3.63) is 76.9 Å². The van der Waals surface area contributed by atoms with Crippen molar-refractivity contribution in [2.24, 2.45) is 10.9 Å². The maximum absolute atomic E-state index is 12.3. The number of oxime groups is 1. The molecule has 2 aromatic rings. The maximum atomic E-state index is 12.3. The molecule has 0 heterocycles. The first-order valence-electron chi connectivity index (χ1n) is 7.76. The van der Waals surface area contributed by atoms with Crippen LogP contribution in [-0.4, -0.2) is 26.5 Å². The van der Waals surface area contributed by atoms with Gasteiger partial charge in [0, 0.05) is 5.56 Å². The van der Waals surface area contributed by atoms with Crippen molar-refractivity contribution in [1.29, 1.82) is 0 Å². The maximum Gasteiger partial charge on any atom is 0.325 e. The molecule has 1 aliphatic carbocycles. The lowest BCUT2D eigenvalue weighted by molar-refractivity contribution is 0.0975. The average molecular weight is 371 g/mol. The van der Waals surface area contributed by atoms with Gasteiger partial charge >= 0.3 is 10.1 Å². The topological polar surface area (TPSA) is 111 Å². The van der Waals surface area contributed by atoms with Crippen molar-refractivity contribution in [2.75, 3.05) is 6.26 Å². The van der Waals surface area contributed by atoms with E-state index in [0.29, 0.717) is 5.56 Å². The predicted octanol–water partition coefficient (Wildman–Crippen LogP) is 1.61. The van der Waals surface area contributed by atoms with Gasteiger partial charge in [-0.2, -0.15) is 8.42 Å². The lowest BCUT2D eigenvalue weighted by Crippen LogP contribution is -2.37. The van der Waals surface area contributed by atoms with Gasteiger partial charge in [-0.15, -0.1) is 0 Å². The number of allylic oxidation sites excluding steroid dienone is 1. The van der Waals surface area contributed by atoms with Crippen LogP contribution in [-0.2, 0) is 20.8 Å². The lowest BCUT2D eigenvalue weighted by Gasteiger charge is -2.09. The molecule has 3 rings (SSSR count). The molecule has 0 aromatic heterocycles. The lowest BCUT2D eigenvalue weighted by atomic mass is 9.97. The van der Waals surface area contributed by atoms with E-state index in [-0.39, 0.29) is 0 Å². The predicted molar refractivity (Wildman–Crippen MR) is 98.7 cm³/mol. The number of carbonyl (C=O) groups is 1. The fraction of sp³-hybridized carbons (Fsp3) is 0.111. The molecule has 0 radical (unpaired) electrons. The third kappa shape index (κ3) is 4.09. The minimum absolute atomic E-state index is 0.366. The van der Waals surface area contributed by atoms with Crippen LogP contribution in [0.1, 0.15) is 27.0 Å². The zero-order valence-corrected chi connectivity index (χ0v) is 14.8. The van der Waals surface area contributed by atoms with Crippen molar-refractivity contribution in [3.63, 3.8) is 0 Å². The van der Waals surface area contributed by atoms with Gasteiger partial charge in [-0.25, -0.2) is 0 Å². The van der Waals surface area contributed by atoms with Crippen molar-refractivity contribution in [1.82, 2.24) is 5.32 Å². The number of nitrogens with two attached hydrogens (primary N) is 1. The van der Waals surface area contributed by atoms with Crippen LogP contribution in [0, 0.1) is 0 Å². The van der Waals surface area contributed by atoms with E-state index < -0.39 is 22.0 Å². The number of hydrogen-bond donors (Lipinski definition) is 2. The Balaban J connectivity index is 1.79. The van der Waals surface area contributed by atoms with Gasteiger partial charge in [0.2, 0.25) is 5.96 Å². The summed E-state index contributed by atoms with van der Waals surface area (Å²) >= 11 is 0. The Bertz CT molecular complexity index is 1030. The highest BCUT2D eigenvalue weighted by molar-refractivity contribution is 7.85. The van der Waals surface area contributed by atoms with Gasteiger partial charge in [0.15, 0.2) is 0 Å². The van der Waals surface area contributed by atoms with Gasteiger partial charge in [-0.05, 0) is 46.0 Å². The van der Waals surface area contributed by atoms with E-state index in [1.807, 2.05) is 24.3 Å². The summed E-state index contributed by atoms with van der Waals surface area (Å²) in [6, 6.07) is 15.2. The van der Waals surface area contributed by atoms with Crippen LogP contribution in [0.2, 0.25) is 0 Å². The molecule has 0 fully saturated rings. The van der Waals surface area contributed by atoms with E-state index in [4.69, 9.17) is 5.73 Å². The summed E-state index contributed by atoms with van der Waals surface area (Å²) in [6.07, 6.45) is 3.80. The number of nitrogens with one attached hydrogen (secondary N) is 1. The molecular weight excluding hydrogens is 354 g/mol. The molecule has 2 aromatic carbocycles. The number of hydrogen-bond acceptors (Lipinski definition) is 5. The molecule has 26 heavy (non-hydrogen) atoms. The number of carbonyl (C=O) groups excluding carboxylic acids is 1. The fourth-order valence-corrected chi connectivity index (χ4v) is 2.92. The third-order valence-electron chi connectivity index (χ3n) is 3.78. The number of amides is 1. The number of fused-ring (bicyclic) bond motifs is 1. The summed E-state index contributed by atoms with van der Waals surface area (Å²) in [7, 11) is -3.79. The van der Waals surface area contributed by atoms with Crippen LogP contribution in [0.3, 0.4) is 0 Å². The molecule has 0 aliphatic heterocycles. The first-order chi connectivity index (χ1) is 12.3. The number of nitrogens with zero attached hydrogens (tertiary/aromatic N) is 1. The van der Waals surface area contributed by atoms with Crippen LogP contribution in [0.4, 0.5) is 0 Å². The molecule has 0 saturated carbocycles. The van der Waals surface area contributed by atoms with Crippen LogP contribution in [0.5, 0.6) is 0 Å². The first kappa shape index (κ1) is 17.7. The smallest absolute Gasteiger partial charge is 0.325 e. The normalized spacial score (nSPS) is 13.7. The van der Waals surface area contributed by atoms with Crippen molar-refractivity contribution in [2.45, 2.75) is 6.42 Å². The Hall–Kier alpha value is -3.13. The van der Waals surface area contributed by atoms with Crippen molar-refractivity contribution in [3.8, 4) is 0 Å². The Morgan fingerprint density at radius 1 is 1.19 bits per heavy atom. The summed E-state index contributed by atoms with van der Waals surface area (Å²) in [5, 5.41) is 5.44. The first-order valence-corrected chi connectivity index (χ1v) is 9.57. The molecular formula is C18H17N3O4S. The van der Waals surface area contributed by atoms with E-state index in [9.17, 15) is 13.2 Å². The molecule has 1 amide bonds. The molecule has 7 nitrogen and oxygen atoms in total. The van der Waals surface area contributed by atoms with Crippen LogP contribution in [0.15, 0.2) is 59.8 Å². The highest BCUT2D eigenvalue weighted by atomic mass is 32.2. The van der Waals surface area contributed by atoms with Crippen molar-refractivity contribution < 1.29 is 17.5 Å². The average Bonchev–Trinajstić information content (AvgIpc) is 3.03. The highest BCUT2D eigenvalue weighted by Gasteiger charge is 2.16. The monoisotopic (exact) mass is 371 g/mol. The molecule has 134 valence electrons. The molecule has 0 unspecified atom stereocenters. The second-order valence-corrected chi connectivity index (χ2v) is 7.33. The Kier molecular flexibility index (Phi) is 4.77. The zero-order valence-electron chi connectivity index (χ0n) is 14.0. The van der Waals surface area contributed by atoms with Crippen LogP contribution in [0.25, 0.3) is 5.57 Å². The van der Waals surface area contributed by atoms with Crippen LogP contribution >= 0.6 is 0 Å². The van der Waals surface area contributed by atoms with E-state index in [0.717, 1.165) is 29.4 Å². The van der Waals surface area contributed by atoms with Gasteiger partial charge in [0.25, 0.3) is 5.91 Å². The Morgan fingerprint density at radius 3 is 2.73 bits per heavy atom. The molecule has 8 heteroatoms. The van der Waals surface area contributed by atoms with E-state index in [2.05, 4.69) is 26.9 Å². The van der Waals surface area contributed by atoms with Gasteiger partial charge in [-0.1, -0.05) is 42.5 Å². The zero-order chi connectivity index (χ0) is 18.7. The summed E-state index contributed by atoms with van der Waals surface area (Å²) < 4.78 is 25.9. The second-order valence-electron chi connectivity index (χ2n) is 5.77. The minimum atomic E-state index is -3.79. The molecule has 0 saturated heterocycles. The molecule has 0 atom stereocenters. The third-order valence-corrected chi connectivity index (χ3v) is 4.13. The number of guanidine groups is 1. The molecule has 1 aliphatic rings. The molecule has 0 spiro atoms. The molecule has 0 bridgehead atoms. The molecule has 3 N–H and O–H groups in total. The number of rotatable bonds is 4. The summed E-state index contributed by atoms with van der Waals surface area (Å²) in [5.41, 5.74) is 10.2. The fourth-order valence-electron chi connectivity index (χ4n) is 2.70. The largest absolute Gasteiger partial charge is 0.367 e. The van der Waals surface area contributed by atoms with Crippen LogP contribution < -0.4 is 11.1 Å². The Labute approximate surface area is 151 Å². The van der Waals surface area contributed by atoms with E-state index >= 15 is 0 Å². The van der Waals surface area contributed by atoms with Gasteiger partial charge in [0.05, 0.1) is 6.26 Å². The van der Waals surface area contributed by atoms with Gasteiger partial charge in [-0.3, -0.25) is 14.4 Å². The summed E-state index contributed by atoms with van der Waals surface area (Å²) in [6.45, 7) is 0. The number of benzene rings is 2. The van der Waals surface area contributed by atoms with E-state index in [1.54, 1.807) is 18.2 Å². The highest BCUT2D eigenvalue weighted by Crippen LogP contribution is 2.32.